The van der Waals surface area contributed by atoms with E-state index >= 15 is 0 Å². The number of para-hydroxylation sites is 2. The fourth-order valence-corrected chi connectivity index (χ4v) is 4.19. The van der Waals surface area contributed by atoms with Crippen LogP contribution in [0.5, 0.6) is 0 Å². The number of benzene rings is 2. The number of nitrogens with one attached hydrogen (secondary N) is 1. The normalized spacial score (nSPS) is 12.4. The summed E-state index contributed by atoms with van der Waals surface area (Å²) in [6, 6.07) is 16.0. The van der Waals surface area contributed by atoms with Gasteiger partial charge in [-0.1, -0.05) is 48.2 Å². The predicted octanol–water partition coefficient (Wildman–Crippen LogP) is 4.73. The molecule has 0 radical (unpaired) electrons. The van der Waals surface area contributed by atoms with Crippen LogP contribution >= 0.6 is 11.8 Å². The molecule has 0 saturated carbocycles. The number of carbonyl (C=O) groups is 1. The molecule has 2 aromatic carbocycles. The number of aryl methyl sites for hydroxylation is 2. The van der Waals surface area contributed by atoms with Crippen LogP contribution in [0.3, 0.4) is 0 Å². The zero-order valence-corrected chi connectivity index (χ0v) is 16.2. The molecule has 6 heteroatoms. The highest BCUT2D eigenvalue weighted by atomic mass is 32.2. The fraction of sp³-hybridized carbons (Fsp3) is 0.190. The van der Waals surface area contributed by atoms with Gasteiger partial charge in [-0.25, -0.2) is 0 Å². The highest BCUT2D eigenvalue weighted by Crippen LogP contribution is 2.30. The Balaban J connectivity index is 1.65. The Kier molecular flexibility index (Phi) is 4.58. The first-order valence-electron chi connectivity index (χ1n) is 8.81. The van der Waals surface area contributed by atoms with Gasteiger partial charge in [0.1, 0.15) is 5.82 Å². The summed E-state index contributed by atoms with van der Waals surface area (Å²) in [5.41, 5.74) is 3.85. The molecule has 27 heavy (non-hydrogen) atoms. The first kappa shape index (κ1) is 17.5. The largest absolute Gasteiger partial charge is 0.360 e. The molecule has 0 saturated heterocycles. The van der Waals surface area contributed by atoms with Crippen LogP contribution in [0.4, 0.5) is 0 Å². The maximum absolute atomic E-state index is 13.0. The molecule has 4 aromatic rings. The van der Waals surface area contributed by atoms with Crippen LogP contribution in [0.15, 0.2) is 59.9 Å². The maximum atomic E-state index is 13.0. The van der Waals surface area contributed by atoms with E-state index < -0.39 is 0 Å². The van der Waals surface area contributed by atoms with E-state index in [0.29, 0.717) is 5.56 Å². The van der Waals surface area contributed by atoms with Crippen molar-refractivity contribution >= 4 is 28.4 Å². The fourth-order valence-electron chi connectivity index (χ4n) is 3.22. The number of nitrogens with zero attached hydrogens (tertiary/aromatic N) is 3. The van der Waals surface area contributed by atoms with Gasteiger partial charge in [-0.05, 0) is 38.5 Å². The standard InChI is InChI=1S/C21H20N4OS/c1-13-8-4-7-11-19(13)25-15(3)23-24-21(25)27-14(2)20(26)17-12-22-18-10-6-5-9-16(17)18/h4-12,14,22H,1-3H3. The average Bonchev–Trinajstić information content (AvgIpc) is 3.25. The van der Waals surface area contributed by atoms with Gasteiger partial charge in [0, 0.05) is 22.7 Å². The summed E-state index contributed by atoms with van der Waals surface area (Å²) in [4.78, 5) is 16.2. The van der Waals surface area contributed by atoms with Crippen molar-refractivity contribution in [1.82, 2.24) is 19.7 Å². The SMILES string of the molecule is Cc1ccccc1-n1c(C)nnc1SC(C)C(=O)c1c[nH]c2ccccc12. The molecule has 0 bridgehead atoms. The number of carbonyl (C=O) groups excluding carboxylic acids is 1. The highest BCUT2D eigenvalue weighted by Gasteiger charge is 2.23. The summed E-state index contributed by atoms with van der Waals surface area (Å²) in [6.07, 6.45) is 1.79. The minimum absolute atomic E-state index is 0.0782. The second kappa shape index (κ2) is 7.04. The van der Waals surface area contributed by atoms with Gasteiger partial charge in [-0.2, -0.15) is 0 Å². The molecule has 2 heterocycles. The van der Waals surface area contributed by atoms with Crippen LogP contribution in [0.2, 0.25) is 0 Å². The van der Waals surface area contributed by atoms with Crippen molar-refractivity contribution in [3.05, 3.63) is 71.7 Å². The smallest absolute Gasteiger partial charge is 0.196 e. The Morgan fingerprint density at radius 2 is 1.81 bits per heavy atom. The van der Waals surface area contributed by atoms with Crippen LogP contribution in [-0.2, 0) is 0 Å². The number of Topliss-reactive ketones (excluding diaryl/α,β-unsaturated/α-hetero) is 1. The van der Waals surface area contributed by atoms with Gasteiger partial charge in [0.25, 0.3) is 0 Å². The zero-order chi connectivity index (χ0) is 19.0. The molecule has 0 aliphatic heterocycles. The number of ketones is 1. The summed E-state index contributed by atoms with van der Waals surface area (Å²) in [6.45, 7) is 5.90. The van der Waals surface area contributed by atoms with Crippen LogP contribution in [0.25, 0.3) is 16.6 Å². The Bertz CT molecular complexity index is 1130. The quantitative estimate of drug-likeness (QED) is 0.404. The second-order valence-corrected chi connectivity index (χ2v) is 7.83. The molecule has 2 aromatic heterocycles. The highest BCUT2D eigenvalue weighted by molar-refractivity contribution is 8.00. The van der Waals surface area contributed by atoms with Gasteiger partial charge in [0.2, 0.25) is 0 Å². The Labute approximate surface area is 161 Å². The molecule has 1 atom stereocenters. The van der Waals surface area contributed by atoms with E-state index in [1.165, 1.54) is 11.8 Å². The summed E-state index contributed by atoms with van der Waals surface area (Å²) >= 11 is 1.44. The van der Waals surface area contributed by atoms with E-state index in [2.05, 4.69) is 28.2 Å². The van der Waals surface area contributed by atoms with Gasteiger partial charge in [0.05, 0.1) is 10.9 Å². The summed E-state index contributed by atoms with van der Waals surface area (Å²) in [5.74, 6) is 0.882. The third kappa shape index (κ3) is 3.17. The van der Waals surface area contributed by atoms with Crippen molar-refractivity contribution in [1.29, 1.82) is 0 Å². The van der Waals surface area contributed by atoms with E-state index in [9.17, 15) is 4.79 Å². The number of rotatable bonds is 5. The lowest BCUT2D eigenvalue weighted by Crippen LogP contribution is -2.14. The topological polar surface area (TPSA) is 63.6 Å². The number of fused-ring (bicyclic) bond motifs is 1. The van der Waals surface area contributed by atoms with E-state index in [1.807, 2.05) is 60.9 Å². The van der Waals surface area contributed by atoms with Crippen LogP contribution in [0, 0.1) is 13.8 Å². The Hall–Kier alpha value is -2.86. The Morgan fingerprint density at radius 3 is 2.63 bits per heavy atom. The number of H-pyrrole nitrogens is 1. The van der Waals surface area contributed by atoms with Crippen molar-refractivity contribution < 1.29 is 4.79 Å². The minimum atomic E-state index is -0.282. The summed E-state index contributed by atoms with van der Waals surface area (Å²) < 4.78 is 2.01. The van der Waals surface area contributed by atoms with Crippen LogP contribution in [0.1, 0.15) is 28.7 Å². The van der Waals surface area contributed by atoms with E-state index in [1.54, 1.807) is 6.20 Å². The van der Waals surface area contributed by atoms with Crippen molar-refractivity contribution in [2.24, 2.45) is 0 Å². The molecule has 0 fully saturated rings. The molecular formula is C21H20N4OS. The molecule has 0 aliphatic carbocycles. The van der Waals surface area contributed by atoms with E-state index in [-0.39, 0.29) is 11.0 Å². The predicted molar refractivity (Wildman–Crippen MR) is 109 cm³/mol. The average molecular weight is 376 g/mol. The van der Waals surface area contributed by atoms with Crippen molar-refractivity contribution in [2.75, 3.05) is 0 Å². The minimum Gasteiger partial charge on any atom is -0.360 e. The molecule has 0 spiro atoms. The van der Waals surface area contributed by atoms with Crippen molar-refractivity contribution in [3.63, 3.8) is 0 Å². The van der Waals surface area contributed by atoms with Gasteiger partial charge in [-0.3, -0.25) is 9.36 Å². The Morgan fingerprint density at radius 1 is 1.07 bits per heavy atom. The van der Waals surface area contributed by atoms with Crippen LogP contribution < -0.4 is 0 Å². The number of hydrogen-bond acceptors (Lipinski definition) is 4. The van der Waals surface area contributed by atoms with E-state index in [0.717, 1.165) is 33.1 Å². The van der Waals surface area contributed by atoms with Gasteiger partial charge >= 0.3 is 0 Å². The third-order valence-electron chi connectivity index (χ3n) is 4.66. The molecule has 136 valence electrons. The number of aromatic amines is 1. The first-order chi connectivity index (χ1) is 13.1. The molecule has 1 N–H and O–H groups in total. The lowest BCUT2D eigenvalue weighted by atomic mass is 10.1. The molecule has 4 rings (SSSR count). The maximum Gasteiger partial charge on any atom is 0.196 e. The number of thioether (sulfide) groups is 1. The van der Waals surface area contributed by atoms with Gasteiger partial charge < -0.3 is 4.98 Å². The monoisotopic (exact) mass is 376 g/mol. The zero-order valence-electron chi connectivity index (χ0n) is 15.4. The molecular weight excluding hydrogens is 356 g/mol. The first-order valence-corrected chi connectivity index (χ1v) is 9.69. The lowest BCUT2D eigenvalue weighted by molar-refractivity contribution is 0.0995. The van der Waals surface area contributed by atoms with E-state index in [4.69, 9.17) is 0 Å². The number of hydrogen-bond donors (Lipinski definition) is 1. The third-order valence-corrected chi connectivity index (χ3v) is 5.70. The molecule has 5 nitrogen and oxygen atoms in total. The van der Waals surface area contributed by atoms with Crippen molar-refractivity contribution in [2.45, 2.75) is 31.2 Å². The second-order valence-electron chi connectivity index (χ2n) is 6.52. The lowest BCUT2D eigenvalue weighted by Gasteiger charge is -2.13. The summed E-state index contributed by atoms with van der Waals surface area (Å²) in [7, 11) is 0. The molecule has 0 amide bonds. The molecule has 1 unspecified atom stereocenters. The molecule has 0 aliphatic rings. The van der Waals surface area contributed by atoms with Crippen LogP contribution in [-0.4, -0.2) is 30.8 Å². The number of aromatic nitrogens is 4. The van der Waals surface area contributed by atoms with Gasteiger partial charge in [-0.15, -0.1) is 10.2 Å². The van der Waals surface area contributed by atoms with Gasteiger partial charge in [0.15, 0.2) is 10.9 Å². The van der Waals surface area contributed by atoms with Crippen molar-refractivity contribution in [3.8, 4) is 5.69 Å². The summed E-state index contributed by atoms with van der Waals surface area (Å²) in [5, 5.41) is 9.94.